The van der Waals surface area contributed by atoms with Crippen LogP contribution in [0.15, 0.2) is 47.4 Å². The number of nitrogens with one attached hydrogen (secondary N) is 1. The molecule has 3 aromatic rings. The van der Waals surface area contributed by atoms with Crippen LogP contribution in [0.2, 0.25) is 0 Å². The second kappa shape index (κ2) is 7.38. The highest BCUT2D eigenvalue weighted by Gasteiger charge is 2.27. The molecule has 144 valence electrons. The number of aromatic amines is 1. The molecular formula is C20H20FN5O2. The smallest absolute Gasteiger partial charge is 0.274 e. The van der Waals surface area contributed by atoms with Crippen molar-refractivity contribution in [3.8, 4) is 5.69 Å². The number of H-pyrrole nitrogens is 1. The van der Waals surface area contributed by atoms with E-state index in [1.54, 1.807) is 11.0 Å². The van der Waals surface area contributed by atoms with Crippen molar-refractivity contribution in [2.24, 2.45) is 0 Å². The van der Waals surface area contributed by atoms with Crippen molar-refractivity contribution in [3.63, 3.8) is 0 Å². The Kier molecular flexibility index (Phi) is 4.77. The summed E-state index contributed by atoms with van der Waals surface area (Å²) in [5.74, 6) is -0.464. The predicted molar refractivity (Wildman–Crippen MR) is 101 cm³/mol. The van der Waals surface area contributed by atoms with Crippen LogP contribution in [0.4, 0.5) is 4.39 Å². The monoisotopic (exact) mass is 381 g/mol. The number of para-hydroxylation sites is 1. The van der Waals surface area contributed by atoms with Gasteiger partial charge in [0.1, 0.15) is 17.2 Å². The lowest BCUT2D eigenvalue weighted by atomic mass is 9.90. The Labute approximate surface area is 160 Å². The Morgan fingerprint density at radius 3 is 2.61 bits per heavy atom. The molecule has 1 N–H and O–H groups in total. The van der Waals surface area contributed by atoms with Crippen molar-refractivity contribution in [2.45, 2.75) is 25.7 Å². The first-order valence-electron chi connectivity index (χ1n) is 9.19. The van der Waals surface area contributed by atoms with Gasteiger partial charge in [0.25, 0.3) is 11.5 Å². The van der Waals surface area contributed by atoms with Crippen LogP contribution in [-0.4, -0.2) is 43.9 Å². The van der Waals surface area contributed by atoms with Gasteiger partial charge in [-0.1, -0.05) is 12.1 Å². The third-order valence-corrected chi connectivity index (χ3v) is 5.19. The molecule has 1 aliphatic rings. The topological polar surface area (TPSA) is 83.9 Å². The normalized spacial score (nSPS) is 15.0. The molecule has 1 aliphatic heterocycles. The minimum Gasteiger partial charge on any atom is -0.337 e. The third kappa shape index (κ3) is 3.33. The van der Waals surface area contributed by atoms with Gasteiger partial charge in [-0.15, -0.1) is 0 Å². The van der Waals surface area contributed by atoms with Crippen LogP contribution in [-0.2, 0) is 0 Å². The van der Waals surface area contributed by atoms with Gasteiger partial charge >= 0.3 is 0 Å². The summed E-state index contributed by atoms with van der Waals surface area (Å²) in [6, 6.07) is 8.49. The minimum atomic E-state index is -0.571. The Bertz CT molecular complexity index is 1070. The standard InChI is InChI=1S/C20H20FN5O2/c1-13-15(12-22-23-13)14-8-10-25(11-9-14)20(28)17-6-7-19(27)26(24-17)18-5-3-2-4-16(18)21/h2-7,12,14H,8-11H2,1H3,(H,22,23). The Hall–Kier alpha value is -3.29. The average Bonchev–Trinajstić information content (AvgIpc) is 3.14. The maximum Gasteiger partial charge on any atom is 0.274 e. The molecule has 0 unspecified atom stereocenters. The van der Waals surface area contributed by atoms with Gasteiger partial charge in [0, 0.05) is 24.8 Å². The van der Waals surface area contributed by atoms with Gasteiger partial charge in [0.05, 0.1) is 6.20 Å². The molecule has 3 heterocycles. The summed E-state index contributed by atoms with van der Waals surface area (Å²) in [7, 11) is 0. The quantitative estimate of drug-likeness (QED) is 0.755. The van der Waals surface area contributed by atoms with Crippen LogP contribution in [0.25, 0.3) is 5.69 Å². The summed E-state index contributed by atoms with van der Waals surface area (Å²) in [4.78, 5) is 26.7. The second-order valence-corrected chi connectivity index (χ2v) is 6.94. The Morgan fingerprint density at radius 1 is 1.18 bits per heavy atom. The number of benzene rings is 1. The summed E-state index contributed by atoms with van der Waals surface area (Å²) >= 11 is 0. The van der Waals surface area contributed by atoms with Crippen LogP contribution < -0.4 is 5.56 Å². The zero-order chi connectivity index (χ0) is 19.7. The van der Waals surface area contributed by atoms with Gasteiger partial charge in [-0.3, -0.25) is 14.7 Å². The van der Waals surface area contributed by atoms with Crippen molar-refractivity contribution < 1.29 is 9.18 Å². The van der Waals surface area contributed by atoms with E-state index in [9.17, 15) is 14.0 Å². The van der Waals surface area contributed by atoms with Gasteiger partial charge in [-0.2, -0.15) is 14.9 Å². The van der Waals surface area contributed by atoms with E-state index in [1.165, 1.54) is 35.9 Å². The fourth-order valence-electron chi connectivity index (χ4n) is 3.65. The molecule has 0 aliphatic carbocycles. The molecule has 1 aromatic carbocycles. The summed E-state index contributed by atoms with van der Waals surface area (Å²) in [6.45, 7) is 3.18. The van der Waals surface area contributed by atoms with Crippen LogP contribution >= 0.6 is 0 Å². The van der Waals surface area contributed by atoms with Crippen molar-refractivity contribution >= 4 is 5.91 Å². The van der Waals surface area contributed by atoms with Crippen LogP contribution in [0.1, 0.15) is 40.5 Å². The summed E-state index contributed by atoms with van der Waals surface area (Å²) < 4.78 is 15.0. The highest BCUT2D eigenvalue weighted by atomic mass is 19.1. The molecule has 0 radical (unpaired) electrons. The van der Waals surface area contributed by atoms with E-state index in [0.717, 1.165) is 23.2 Å². The molecule has 0 atom stereocenters. The first-order valence-corrected chi connectivity index (χ1v) is 9.19. The largest absolute Gasteiger partial charge is 0.337 e. The molecule has 1 saturated heterocycles. The summed E-state index contributed by atoms with van der Waals surface area (Å²) in [5, 5.41) is 11.1. The number of halogens is 1. The van der Waals surface area contributed by atoms with Gasteiger partial charge < -0.3 is 4.90 Å². The van der Waals surface area contributed by atoms with Crippen LogP contribution in [0.5, 0.6) is 0 Å². The molecule has 0 bridgehead atoms. The van der Waals surface area contributed by atoms with Crippen molar-refractivity contribution in [2.75, 3.05) is 13.1 Å². The maximum atomic E-state index is 14.1. The maximum absolute atomic E-state index is 14.1. The van der Waals surface area contributed by atoms with E-state index in [0.29, 0.717) is 19.0 Å². The highest BCUT2D eigenvalue weighted by Crippen LogP contribution is 2.29. The van der Waals surface area contributed by atoms with Crippen molar-refractivity contribution in [1.82, 2.24) is 24.9 Å². The van der Waals surface area contributed by atoms with E-state index in [2.05, 4.69) is 15.3 Å². The number of carbonyl (C=O) groups excluding carboxylic acids is 1. The van der Waals surface area contributed by atoms with E-state index < -0.39 is 11.4 Å². The van der Waals surface area contributed by atoms with Crippen molar-refractivity contribution in [3.05, 3.63) is 75.7 Å². The predicted octanol–water partition coefficient (Wildman–Crippen LogP) is 2.42. The number of rotatable bonds is 3. The van der Waals surface area contributed by atoms with Gasteiger partial charge in [-0.25, -0.2) is 4.39 Å². The summed E-state index contributed by atoms with van der Waals surface area (Å²) in [6.07, 6.45) is 3.52. The number of piperidine rings is 1. The first kappa shape index (κ1) is 18.1. The van der Waals surface area contributed by atoms with Gasteiger partial charge in [0.15, 0.2) is 0 Å². The number of hydrogen-bond donors (Lipinski definition) is 1. The average molecular weight is 381 g/mol. The number of nitrogens with zero attached hydrogens (tertiary/aromatic N) is 4. The number of carbonyl (C=O) groups is 1. The van der Waals surface area contributed by atoms with E-state index in [4.69, 9.17) is 0 Å². The lowest BCUT2D eigenvalue weighted by Crippen LogP contribution is -2.39. The second-order valence-electron chi connectivity index (χ2n) is 6.94. The highest BCUT2D eigenvalue weighted by molar-refractivity contribution is 5.92. The molecule has 2 aromatic heterocycles. The number of aromatic nitrogens is 4. The van der Waals surface area contributed by atoms with Gasteiger partial charge in [0.2, 0.25) is 0 Å². The fraction of sp³-hybridized carbons (Fsp3) is 0.300. The molecule has 1 amide bonds. The van der Waals surface area contributed by atoms with Crippen LogP contribution in [0.3, 0.4) is 0 Å². The Balaban J connectivity index is 1.53. The lowest BCUT2D eigenvalue weighted by molar-refractivity contribution is 0.0705. The molecule has 0 saturated carbocycles. The minimum absolute atomic E-state index is 0.0243. The molecule has 4 rings (SSSR count). The SMILES string of the molecule is Cc1[nH]ncc1C1CCN(C(=O)c2ccc(=O)n(-c3ccccc3F)n2)CC1. The number of hydrogen-bond acceptors (Lipinski definition) is 4. The molecule has 7 nitrogen and oxygen atoms in total. The molecule has 8 heteroatoms. The van der Waals surface area contributed by atoms with E-state index in [-0.39, 0.29) is 17.3 Å². The fourth-order valence-corrected chi connectivity index (χ4v) is 3.65. The van der Waals surface area contributed by atoms with Crippen molar-refractivity contribution in [1.29, 1.82) is 0 Å². The lowest BCUT2D eigenvalue weighted by Gasteiger charge is -2.31. The Morgan fingerprint density at radius 2 is 1.93 bits per heavy atom. The number of aryl methyl sites for hydroxylation is 1. The molecular weight excluding hydrogens is 361 g/mol. The molecule has 28 heavy (non-hydrogen) atoms. The molecule has 1 fully saturated rings. The first-order chi connectivity index (χ1) is 13.5. The van der Waals surface area contributed by atoms with Gasteiger partial charge in [-0.05, 0) is 49.4 Å². The zero-order valence-electron chi connectivity index (χ0n) is 15.4. The zero-order valence-corrected chi connectivity index (χ0v) is 15.4. The van der Waals surface area contributed by atoms with E-state index in [1.807, 2.05) is 13.1 Å². The molecule has 0 spiro atoms. The van der Waals surface area contributed by atoms with Crippen LogP contribution in [0, 0.1) is 12.7 Å². The third-order valence-electron chi connectivity index (χ3n) is 5.19. The van der Waals surface area contributed by atoms with E-state index >= 15 is 0 Å². The summed E-state index contributed by atoms with van der Waals surface area (Å²) in [5.41, 5.74) is 1.91. The number of likely N-dealkylation sites (tertiary alicyclic amines) is 1. The number of amides is 1.